The summed E-state index contributed by atoms with van der Waals surface area (Å²) in [5, 5.41) is 6.26. The van der Waals surface area contributed by atoms with E-state index in [2.05, 4.69) is 10.6 Å². The summed E-state index contributed by atoms with van der Waals surface area (Å²) in [6.45, 7) is 4.57. The summed E-state index contributed by atoms with van der Waals surface area (Å²) in [5.41, 5.74) is 5.30. The van der Waals surface area contributed by atoms with Crippen LogP contribution in [0.15, 0.2) is 84.9 Å². The quantitative estimate of drug-likeness (QED) is 0.104. The molecule has 2 N–H and O–H groups in total. The molecule has 43 heavy (non-hydrogen) atoms. The van der Waals surface area contributed by atoms with Crippen molar-refractivity contribution in [3.63, 3.8) is 0 Å². The van der Waals surface area contributed by atoms with Crippen LogP contribution >= 0.6 is 0 Å². The third kappa shape index (κ3) is 7.35. The van der Waals surface area contributed by atoms with E-state index in [0.29, 0.717) is 57.4 Å². The highest BCUT2D eigenvalue weighted by atomic mass is 16.5. The number of hydrogen-bond donors (Lipinski definition) is 2. The van der Waals surface area contributed by atoms with Crippen molar-refractivity contribution in [2.24, 2.45) is 0 Å². The summed E-state index contributed by atoms with van der Waals surface area (Å²) in [6, 6.07) is 26.4. The number of benzene rings is 4. The number of amides is 1. The first kappa shape index (κ1) is 30.7. The Morgan fingerprint density at radius 2 is 1.35 bits per heavy atom. The Morgan fingerprint density at radius 3 is 1.93 bits per heavy atom. The minimum atomic E-state index is -0.467. The largest absolute Gasteiger partial charge is 0.493 e. The number of esters is 1. The van der Waals surface area contributed by atoms with Crippen molar-refractivity contribution >= 4 is 34.9 Å². The second-order valence-corrected chi connectivity index (χ2v) is 9.43. The molecule has 0 atom stereocenters. The number of methoxy groups -OCH3 is 3. The van der Waals surface area contributed by atoms with E-state index in [1.54, 1.807) is 57.6 Å². The molecule has 0 bridgehead atoms. The standard InChI is InChI=1S/C35H36N2O6/c1-6-36-29-18-17-27(35(39)43-7-2)22-30(29)37-34(38)28(19-23-20-31(40-3)33(42-5)32(21-23)41-4)26-15-13-25(14-16-26)24-11-9-8-10-12-24/h8-22,36H,6-7H2,1-5H3,(H,37,38). The first-order chi connectivity index (χ1) is 20.9. The summed E-state index contributed by atoms with van der Waals surface area (Å²) >= 11 is 0. The van der Waals surface area contributed by atoms with Crippen LogP contribution < -0.4 is 24.8 Å². The molecule has 0 spiro atoms. The van der Waals surface area contributed by atoms with Gasteiger partial charge in [-0.05, 0) is 72.5 Å². The summed E-state index contributed by atoms with van der Waals surface area (Å²) in [4.78, 5) is 26.5. The third-order valence-electron chi connectivity index (χ3n) is 6.69. The van der Waals surface area contributed by atoms with Crippen LogP contribution in [0.2, 0.25) is 0 Å². The lowest BCUT2D eigenvalue weighted by molar-refractivity contribution is -0.111. The molecule has 8 nitrogen and oxygen atoms in total. The molecule has 4 aromatic carbocycles. The monoisotopic (exact) mass is 580 g/mol. The van der Waals surface area contributed by atoms with Crippen LogP contribution in [0.3, 0.4) is 0 Å². The van der Waals surface area contributed by atoms with Crippen molar-refractivity contribution in [3.05, 3.63) is 102 Å². The maximum Gasteiger partial charge on any atom is 0.338 e. The lowest BCUT2D eigenvalue weighted by atomic mass is 9.98. The Labute approximate surface area is 252 Å². The Kier molecular flexibility index (Phi) is 10.4. The maximum atomic E-state index is 14.1. The number of carbonyl (C=O) groups is 2. The van der Waals surface area contributed by atoms with Gasteiger partial charge in [-0.1, -0.05) is 54.6 Å². The Hall–Kier alpha value is -5.24. The van der Waals surface area contributed by atoms with Crippen LogP contribution in [-0.2, 0) is 9.53 Å². The lowest BCUT2D eigenvalue weighted by Crippen LogP contribution is -2.16. The number of rotatable bonds is 12. The van der Waals surface area contributed by atoms with Gasteiger partial charge in [-0.25, -0.2) is 4.79 Å². The van der Waals surface area contributed by atoms with Crippen molar-refractivity contribution < 1.29 is 28.5 Å². The average molecular weight is 581 g/mol. The highest BCUT2D eigenvalue weighted by Gasteiger charge is 2.19. The molecular formula is C35H36N2O6. The molecule has 0 unspecified atom stereocenters. The Balaban J connectivity index is 1.81. The van der Waals surface area contributed by atoms with E-state index >= 15 is 0 Å². The molecule has 1 amide bonds. The Morgan fingerprint density at radius 1 is 0.721 bits per heavy atom. The highest BCUT2D eigenvalue weighted by molar-refractivity contribution is 6.29. The second-order valence-electron chi connectivity index (χ2n) is 9.43. The van der Waals surface area contributed by atoms with E-state index in [9.17, 15) is 9.59 Å². The SMILES string of the molecule is CCNc1ccc(C(=O)OCC)cc1NC(=O)C(=Cc1cc(OC)c(OC)c(OC)c1)c1ccc(-c2ccccc2)cc1. The molecule has 8 heteroatoms. The van der Waals surface area contributed by atoms with Crippen molar-refractivity contribution in [2.45, 2.75) is 13.8 Å². The zero-order chi connectivity index (χ0) is 30.8. The number of hydrogen-bond acceptors (Lipinski definition) is 7. The Bertz CT molecular complexity index is 1570. The summed E-state index contributed by atoms with van der Waals surface area (Å²) in [7, 11) is 4.62. The molecule has 0 aliphatic rings. The molecule has 0 fully saturated rings. The van der Waals surface area contributed by atoms with E-state index in [0.717, 1.165) is 11.1 Å². The predicted molar refractivity (Wildman–Crippen MR) is 171 cm³/mol. The minimum Gasteiger partial charge on any atom is -0.493 e. The van der Waals surface area contributed by atoms with E-state index in [-0.39, 0.29) is 12.5 Å². The molecule has 0 aliphatic heterocycles. The summed E-state index contributed by atoms with van der Waals surface area (Å²) in [6.07, 6.45) is 1.76. The van der Waals surface area contributed by atoms with Crippen LogP contribution in [0.25, 0.3) is 22.8 Å². The smallest absolute Gasteiger partial charge is 0.338 e. The van der Waals surface area contributed by atoms with Crippen LogP contribution in [-0.4, -0.2) is 46.4 Å². The number of nitrogens with one attached hydrogen (secondary N) is 2. The normalized spacial score (nSPS) is 11.0. The van der Waals surface area contributed by atoms with Gasteiger partial charge in [-0.3, -0.25) is 4.79 Å². The fourth-order valence-corrected chi connectivity index (χ4v) is 4.63. The topological polar surface area (TPSA) is 95.1 Å². The molecule has 0 radical (unpaired) electrons. The van der Waals surface area contributed by atoms with Gasteiger partial charge in [-0.2, -0.15) is 0 Å². The first-order valence-corrected chi connectivity index (χ1v) is 14.0. The predicted octanol–water partition coefficient (Wildman–Crippen LogP) is 7.17. The number of ether oxygens (including phenoxy) is 4. The van der Waals surface area contributed by atoms with Gasteiger partial charge in [0.1, 0.15) is 0 Å². The third-order valence-corrected chi connectivity index (χ3v) is 6.69. The zero-order valence-corrected chi connectivity index (χ0v) is 25.0. The second kappa shape index (κ2) is 14.6. The number of anilines is 2. The van der Waals surface area contributed by atoms with Gasteiger partial charge in [0.15, 0.2) is 11.5 Å². The van der Waals surface area contributed by atoms with Crippen LogP contribution in [0.5, 0.6) is 17.2 Å². The molecule has 4 rings (SSSR count). The first-order valence-electron chi connectivity index (χ1n) is 14.0. The lowest BCUT2D eigenvalue weighted by Gasteiger charge is -2.16. The van der Waals surface area contributed by atoms with Crippen molar-refractivity contribution in [1.29, 1.82) is 0 Å². The molecule has 4 aromatic rings. The van der Waals surface area contributed by atoms with E-state index in [4.69, 9.17) is 18.9 Å². The number of carbonyl (C=O) groups excluding carboxylic acids is 2. The van der Waals surface area contributed by atoms with Crippen molar-refractivity contribution in [1.82, 2.24) is 0 Å². The molecule has 0 heterocycles. The minimum absolute atomic E-state index is 0.246. The van der Waals surface area contributed by atoms with Gasteiger partial charge in [0.25, 0.3) is 5.91 Å². The van der Waals surface area contributed by atoms with Gasteiger partial charge in [0.05, 0.1) is 44.9 Å². The van der Waals surface area contributed by atoms with Crippen LogP contribution in [0.4, 0.5) is 11.4 Å². The molecule has 0 aliphatic carbocycles. The van der Waals surface area contributed by atoms with E-state index in [1.165, 1.54) is 7.11 Å². The summed E-state index contributed by atoms with van der Waals surface area (Å²) < 4.78 is 21.7. The van der Waals surface area contributed by atoms with Gasteiger partial charge >= 0.3 is 5.97 Å². The van der Waals surface area contributed by atoms with Crippen LogP contribution in [0, 0.1) is 0 Å². The highest BCUT2D eigenvalue weighted by Crippen LogP contribution is 2.39. The maximum absolute atomic E-state index is 14.1. The molecule has 0 saturated heterocycles. The molecule has 0 aromatic heterocycles. The van der Waals surface area contributed by atoms with Gasteiger partial charge in [-0.15, -0.1) is 0 Å². The van der Waals surface area contributed by atoms with Crippen molar-refractivity contribution in [2.75, 3.05) is 45.1 Å². The van der Waals surface area contributed by atoms with E-state index < -0.39 is 5.97 Å². The summed E-state index contributed by atoms with van der Waals surface area (Å²) in [5.74, 6) is 0.534. The fraction of sp³-hybridized carbons (Fsp3) is 0.200. The fourth-order valence-electron chi connectivity index (χ4n) is 4.63. The molecule has 0 saturated carbocycles. The van der Waals surface area contributed by atoms with Gasteiger partial charge < -0.3 is 29.6 Å². The molecular weight excluding hydrogens is 544 g/mol. The zero-order valence-electron chi connectivity index (χ0n) is 25.0. The van der Waals surface area contributed by atoms with Gasteiger partial charge in [0.2, 0.25) is 5.75 Å². The van der Waals surface area contributed by atoms with Crippen molar-refractivity contribution in [3.8, 4) is 28.4 Å². The van der Waals surface area contributed by atoms with E-state index in [1.807, 2.05) is 61.5 Å². The van der Waals surface area contributed by atoms with Gasteiger partial charge in [0, 0.05) is 12.1 Å². The average Bonchev–Trinajstić information content (AvgIpc) is 3.04. The van der Waals surface area contributed by atoms with Crippen LogP contribution in [0.1, 0.15) is 35.3 Å². The molecule has 222 valence electrons.